The minimum atomic E-state index is -1.31. The zero-order valence-corrected chi connectivity index (χ0v) is 11.2. The predicted octanol–water partition coefficient (Wildman–Crippen LogP) is 2.30. The molecule has 0 bridgehead atoms. The van der Waals surface area contributed by atoms with Crippen molar-refractivity contribution in [1.82, 2.24) is 5.32 Å². The highest BCUT2D eigenvalue weighted by Crippen LogP contribution is 2.18. The van der Waals surface area contributed by atoms with Gasteiger partial charge in [-0.2, -0.15) is 0 Å². The second-order valence-corrected chi connectivity index (χ2v) is 4.76. The monoisotopic (exact) mass is 267 g/mol. The Balaban J connectivity index is 2.86. The molecular weight excluding hydrogens is 249 g/mol. The molecule has 0 saturated heterocycles. The van der Waals surface area contributed by atoms with Crippen LogP contribution in [0.1, 0.15) is 38.7 Å². The summed E-state index contributed by atoms with van der Waals surface area (Å²) in [6.45, 7) is 4.74. The molecule has 0 spiro atoms. The van der Waals surface area contributed by atoms with Gasteiger partial charge in [0.1, 0.15) is 11.4 Å². The van der Waals surface area contributed by atoms with Gasteiger partial charge in [0.05, 0.1) is 5.92 Å². The number of rotatable bonds is 5. The van der Waals surface area contributed by atoms with E-state index in [4.69, 9.17) is 5.11 Å². The maximum atomic E-state index is 13.1. The number of benzene rings is 1. The van der Waals surface area contributed by atoms with Crippen molar-refractivity contribution in [3.05, 3.63) is 35.6 Å². The lowest BCUT2D eigenvalue weighted by Crippen LogP contribution is -2.52. The van der Waals surface area contributed by atoms with Crippen LogP contribution in [0.5, 0.6) is 0 Å². The molecule has 0 saturated carbocycles. The summed E-state index contributed by atoms with van der Waals surface area (Å²) in [5.74, 6) is -2.55. The van der Waals surface area contributed by atoms with Crippen LogP contribution in [-0.2, 0) is 9.59 Å². The lowest BCUT2D eigenvalue weighted by atomic mass is 9.95. The van der Waals surface area contributed by atoms with Crippen molar-refractivity contribution in [2.75, 3.05) is 0 Å². The Hall–Kier alpha value is -1.91. The summed E-state index contributed by atoms with van der Waals surface area (Å²) in [6, 6.07) is 5.72. The number of carbonyl (C=O) groups is 2. The second kappa shape index (κ2) is 5.82. The fourth-order valence-corrected chi connectivity index (χ4v) is 1.60. The molecule has 0 aromatic heterocycles. The van der Waals surface area contributed by atoms with Crippen LogP contribution < -0.4 is 5.32 Å². The molecule has 1 amide bonds. The molecule has 1 rings (SSSR count). The van der Waals surface area contributed by atoms with E-state index in [1.54, 1.807) is 19.9 Å². The standard InChI is InChI=1S/C14H18FNO3/c1-4-14(3,13(18)19)16-12(17)9(2)10-6-5-7-11(15)8-10/h5-9H,4H2,1-3H3,(H,16,17)(H,18,19). The van der Waals surface area contributed by atoms with E-state index < -0.39 is 29.2 Å². The molecule has 4 nitrogen and oxygen atoms in total. The Kier molecular flexibility index (Phi) is 4.64. The van der Waals surface area contributed by atoms with E-state index >= 15 is 0 Å². The first-order valence-electron chi connectivity index (χ1n) is 6.11. The molecule has 19 heavy (non-hydrogen) atoms. The van der Waals surface area contributed by atoms with Gasteiger partial charge in [-0.3, -0.25) is 4.79 Å². The number of halogens is 1. The molecule has 0 heterocycles. The lowest BCUT2D eigenvalue weighted by molar-refractivity contribution is -0.147. The fourth-order valence-electron chi connectivity index (χ4n) is 1.60. The number of amides is 1. The van der Waals surface area contributed by atoms with Crippen LogP contribution in [0.25, 0.3) is 0 Å². The average Bonchev–Trinajstić information content (AvgIpc) is 2.37. The zero-order chi connectivity index (χ0) is 14.6. The highest BCUT2D eigenvalue weighted by atomic mass is 19.1. The van der Waals surface area contributed by atoms with Gasteiger partial charge in [0, 0.05) is 0 Å². The van der Waals surface area contributed by atoms with Gasteiger partial charge in [0.2, 0.25) is 5.91 Å². The highest BCUT2D eigenvalue weighted by molar-refractivity contribution is 5.89. The summed E-state index contributed by atoms with van der Waals surface area (Å²) in [5, 5.41) is 11.6. The molecule has 1 aromatic carbocycles. The summed E-state index contributed by atoms with van der Waals surface area (Å²) in [4.78, 5) is 23.2. The Labute approximate surface area is 111 Å². The molecule has 2 unspecified atom stereocenters. The first-order valence-corrected chi connectivity index (χ1v) is 6.11. The zero-order valence-electron chi connectivity index (χ0n) is 11.2. The van der Waals surface area contributed by atoms with Crippen LogP contribution in [0.3, 0.4) is 0 Å². The van der Waals surface area contributed by atoms with E-state index in [-0.39, 0.29) is 6.42 Å². The summed E-state index contributed by atoms with van der Waals surface area (Å²) in [7, 11) is 0. The molecule has 5 heteroatoms. The Morgan fingerprint density at radius 3 is 2.58 bits per heavy atom. The second-order valence-electron chi connectivity index (χ2n) is 4.76. The van der Waals surface area contributed by atoms with Crippen molar-refractivity contribution in [2.45, 2.75) is 38.6 Å². The molecule has 0 radical (unpaired) electrons. The Bertz CT molecular complexity index is 489. The Morgan fingerprint density at radius 2 is 2.11 bits per heavy atom. The minimum absolute atomic E-state index is 0.268. The van der Waals surface area contributed by atoms with Crippen molar-refractivity contribution in [3.8, 4) is 0 Å². The topological polar surface area (TPSA) is 66.4 Å². The van der Waals surface area contributed by atoms with E-state index in [0.29, 0.717) is 5.56 Å². The summed E-state index contributed by atoms with van der Waals surface area (Å²) < 4.78 is 13.1. The summed E-state index contributed by atoms with van der Waals surface area (Å²) in [6.07, 6.45) is 0.268. The van der Waals surface area contributed by atoms with Gasteiger partial charge in [-0.1, -0.05) is 19.1 Å². The number of aliphatic carboxylic acids is 1. The van der Waals surface area contributed by atoms with Gasteiger partial charge in [0.15, 0.2) is 0 Å². The fraction of sp³-hybridized carbons (Fsp3) is 0.429. The van der Waals surface area contributed by atoms with Crippen LogP contribution in [0.15, 0.2) is 24.3 Å². The number of nitrogens with one attached hydrogen (secondary N) is 1. The van der Waals surface area contributed by atoms with Gasteiger partial charge < -0.3 is 10.4 Å². The molecule has 1 aromatic rings. The maximum absolute atomic E-state index is 13.1. The molecule has 0 aliphatic heterocycles. The van der Waals surface area contributed by atoms with Crippen LogP contribution in [0.4, 0.5) is 4.39 Å². The summed E-state index contributed by atoms with van der Waals surface area (Å²) >= 11 is 0. The molecule has 2 N–H and O–H groups in total. The lowest BCUT2D eigenvalue weighted by Gasteiger charge is -2.26. The van der Waals surface area contributed by atoms with Crippen molar-refractivity contribution in [3.63, 3.8) is 0 Å². The number of carboxylic acids is 1. The van der Waals surface area contributed by atoms with Gasteiger partial charge in [0.25, 0.3) is 0 Å². The van der Waals surface area contributed by atoms with Crippen LogP contribution >= 0.6 is 0 Å². The quantitative estimate of drug-likeness (QED) is 0.860. The van der Waals surface area contributed by atoms with Gasteiger partial charge in [-0.15, -0.1) is 0 Å². The Morgan fingerprint density at radius 1 is 1.47 bits per heavy atom. The minimum Gasteiger partial charge on any atom is -0.480 e. The third kappa shape index (κ3) is 3.53. The molecule has 0 aliphatic carbocycles. The first kappa shape index (κ1) is 15.1. The first-order chi connectivity index (χ1) is 8.80. The van der Waals surface area contributed by atoms with E-state index in [1.807, 2.05) is 0 Å². The van der Waals surface area contributed by atoms with E-state index in [9.17, 15) is 14.0 Å². The highest BCUT2D eigenvalue weighted by Gasteiger charge is 2.34. The number of hydrogen-bond donors (Lipinski definition) is 2. The van der Waals surface area contributed by atoms with Crippen molar-refractivity contribution in [1.29, 1.82) is 0 Å². The molecule has 0 aliphatic rings. The van der Waals surface area contributed by atoms with Crippen LogP contribution in [-0.4, -0.2) is 22.5 Å². The van der Waals surface area contributed by atoms with Gasteiger partial charge >= 0.3 is 5.97 Å². The molecular formula is C14H18FNO3. The summed E-state index contributed by atoms with van der Waals surface area (Å²) in [5.41, 5.74) is -0.792. The smallest absolute Gasteiger partial charge is 0.329 e. The SMILES string of the molecule is CCC(C)(NC(=O)C(C)c1cccc(F)c1)C(=O)O. The predicted molar refractivity (Wildman–Crippen MR) is 69.3 cm³/mol. The molecule has 104 valence electrons. The van der Waals surface area contributed by atoms with Crippen molar-refractivity contribution >= 4 is 11.9 Å². The normalized spacial score (nSPS) is 15.4. The number of hydrogen-bond acceptors (Lipinski definition) is 2. The number of carbonyl (C=O) groups excluding carboxylic acids is 1. The van der Waals surface area contributed by atoms with Gasteiger partial charge in [-0.05, 0) is 38.0 Å². The average molecular weight is 267 g/mol. The third-order valence-corrected chi connectivity index (χ3v) is 3.32. The maximum Gasteiger partial charge on any atom is 0.329 e. The molecule has 2 atom stereocenters. The van der Waals surface area contributed by atoms with Crippen molar-refractivity contribution in [2.24, 2.45) is 0 Å². The molecule has 0 fully saturated rings. The van der Waals surface area contributed by atoms with Crippen LogP contribution in [0, 0.1) is 5.82 Å². The van der Waals surface area contributed by atoms with E-state index in [0.717, 1.165) is 0 Å². The van der Waals surface area contributed by atoms with E-state index in [2.05, 4.69) is 5.32 Å². The number of carboxylic acid groups (broad SMARTS) is 1. The van der Waals surface area contributed by atoms with Gasteiger partial charge in [-0.25, -0.2) is 9.18 Å². The van der Waals surface area contributed by atoms with E-state index in [1.165, 1.54) is 25.1 Å². The van der Waals surface area contributed by atoms with Crippen molar-refractivity contribution < 1.29 is 19.1 Å². The van der Waals surface area contributed by atoms with Crippen LogP contribution in [0.2, 0.25) is 0 Å². The largest absolute Gasteiger partial charge is 0.480 e. The third-order valence-electron chi connectivity index (χ3n) is 3.32.